The molecule has 1 aromatic rings. The molecule has 0 fully saturated rings. The molecular formula is C18H24BrF2NO3S. The monoisotopic (exact) mass is 451 g/mol. The largest absolute Gasteiger partial charge is 0.461 e. The van der Waals surface area contributed by atoms with Crippen LogP contribution in [-0.2, 0) is 32.5 Å². The number of carbonyl (C=O) groups excluding carboxylic acids is 1. The van der Waals surface area contributed by atoms with Crippen molar-refractivity contribution in [2.24, 2.45) is 0 Å². The fraction of sp³-hybridized carbons (Fsp3) is 0.611. The van der Waals surface area contributed by atoms with Gasteiger partial charge in [0.25, 0.3) is 0 Å². The Kier molecular flexibility index (Phi) is 6.96. The maximum atomic E-state index is 15.6. The van der Waals surface area contributed by atoms with Crippen molar-refractivity contribution in [1.29, 1.82) is 0 Å². The summed E-state index contributed by atoms with van der Waals surface area (Å²) in [5.41, 5.74) is -1.04. The van der Waals surface area contributed by atoms with Crippen LogP contribution in [-0.4, -0.2) is 44.6 Å². The number of hydrogen-bond donors (Lipinski definition) is 0. The number of nitrogens with zero attached hydrogens (tertiary/aromatic N) is 1. The second kappa shape index (κ2) is 8.44. The molecule has 0 saturated carbocycles. The summed E-state index contributed by atoms with van der Waals surface area (Å²) in [6, 6.07) is 6.82. The van der Waals surface area contributed by atoms with E-state index in [0.29, 0.717) is 24.8 Å². The summed E-state index contributed by atoms with van der Waals surface area (Å²) in [4.78, 5) is 11.5. The number of hydrogen-bond acceptors (Lipinski definition) is 3. The van der Waals surface area contributed by atoms with Crippen molar-refractivity contribution < 1.29 is 22.5 Å². The van der Waals surface area contributed by atoms with E-state index in [2.05, 4.69) is 15.9 Å². The molecule has 0 heterocycles. The highest BCUT2D eigenvalue weighted by atomic mass is 79.9. The van der Waals surface area contributed by atoms with Crippen LogP contribution in [0.1, 0.15) is 37.8 Å². The van der Waals surface area contributed by atoms with Gasteiger partial charge >= 0.3 is 11.9 Å². The maximum Gasteiger partial charge on any atom is 0.379 e. The van der Waals surface area contributed by atoms with Gasteiger partial charge < -0.3 is 4.74 Å². The van der Waals surface area contributed by atoms with Crippen LogP contribution in [0.15, 0.2) is 24.3 Å². The molecule has 8 heteroatoms. The van der Waals surface area contributed by atoms with Gasteiger partial charge in [0, 0.05) is 17.6 Å². The Bertz CT molecular complexity index is 688. The summed E-state index contributed by atoms with van der Waals surface area (Å²) >= 11 is 3.39. The Morgan fingerprint density at radius 1 is 1.42 bits per heavy atom. The topological polar surface area (TPSA) is 46.6 Å². The van der Waals surface area contributed by atoms with Crippen LogP contribution in [0, 0.1) is 0 Å². The summed E-state index contributed by atoms with van der Waals surface area (Å²) in [5.74, 6) is -5.24. The van der Waals surface area contributed by atoms with Crippen LogP contribution in [0.2, 0.25) is 0 Å². The number of rotatable bonds is 7. The van der Waals surface area contributed by atoms with Gasteiger partial charge in [0.2, 0.25) is 0 Å². The molecule has 1 unspecified atom stereocenters. The molecule has 2 rings (SSSR count). The zero-order valence-corrected chi connectivity index (χ0v) is 17.5. The summed E-state index contributed by atoms with van der Waals surface area (Å²) in [6.07, 6.45) is 1.56. The van der Waals surface area contributed by atoms with Crippen molar-refractivity contribution >= 4 is 32.9 Å². The summed E-state index contributed by atoms with van der Waals surface area (Å²) in [6.45, 7) is 3.17. The number of alkyl halides is 3. The van der Waals surface area contributed by atoms with E-state index < -0.39 is 33.2 Å². The molecule has 1 aromatic carbocycles. The van der Waals surface area contributed by atoms with E-state index in [0.717, 1.165) is 9.87 Å². The second-order valence-corrected chi connectivity index (χ2v) is 8.95. The van der Waals surface area contributed by atoms with Crippen LogP contribution < -0.4 is 0 Å². The van der Waals surface area contributed by atoms with E-state index in [1.165, 1.54) is 14.0 Å². The summed E-state index contributed by atoms with van der Waals surface area (Å²) < 4.78 is 49.9. The normalized spacial score (nSPS) is 24.2. The highest BCUT2D eigenvalue weighted by Gasteiger charge is 2.68. The van der Waals surface area contributed by atoms with Gasteiger partial charge in [0.1, 0.15) is 5.54 Å². The predicted molar refractivity (Wildman–Crippen MR) is 102 cm³/mol. The van der Waals surface area contributed by atoms with Gasteiger partial charge in [-0.2, -0.15) is 8.78 Å². The van der Waals surface area contributed by atoms with Gasteiger partial charge in [-0.25, -0.2) is 13.3 Å². The molecule has 0 radical (unpaired) electrons. The standard InChI is InChI=1S/C18H24BrF2NO3S/c1-4-12-26(24)22(3)17(18(20,21)16(23)25-5-2)14-9-7-6-8-13(14)10-11-15(17)19/h6-9,15H,4-5,10-12H2,1-3H3/t15?,17-,26+/m0/s1. The van der Waals surface area contributed by atoms with E-state index in [9.17, 15) is 9.00 Å². The number of halogens is 3. The van der Waals surface area contributed by atoms with E-state index in [1.54, 1.807) is 24.3 Å². The highest BCUT2D eigenvalue weighted by Crippen LogP contribution is 2.53. The van der Waals surface area contributed by atoms with Crippen molar-refractivity contribution in [2.45, 2.75) is 49.4 Å². The minimum Gasteiger partial charge on any atom is -0.461 e. The van der Waals surface area contributed by atoms with Crippen LogP contribution in [0.4, 0.5) is 8.78 Å². The first-order valence-corrected chi connectivity index (χ1v) is 10.8. The molecule has 3 atom stereocenters. The maximum absolute atomic E-state index is 15.6. The number of carbonyl (C=O) groups is 1. The zero-order chi connectivity index (χ0) is 19.5. The Balaban J connectivity index is 2.75. The average molecular weight is 452 g/mol. The van der Waals surface area contributed by atoms with Gasteiger partial charge in [-0.3, -0.25) is 0 Å². The first-order chi connectivity index (χ1) is 12.2. The molecule has 26 heavy (non-hydrogen) atoms. The molecule has 0 aliphatic heterocycles. The lowest BCUT2D eigenvalue weighted by Crippen LogP contribution is -2.66. The number of esters is 1. The van der Waals surface area contributed by atoms with Crippen molar-refractivity contribution in [3.05, 3.63) is 35.4 Å². The minimum atomic E-state index is -3.88. The lowest BCUT2D eigenvalue weighted by atomic mass is 9.72. The predicted octanol–water partition coefficient (Wildman–Crippen LogP) is 3.80. The van der Waals surface area contributed by atoms with Crippen molar-refractivity contribution in [2.75, 3.05) is 19.4 Å². The van der Waals surface area contributed by atoms with Gasteiger partial charge in [0.05, 0.1) is 17.6 Å². The van der Waals surface area contributed by atoms with E-state index >= 15 is 8.78 Å². The molecule has 0 saturated heterocycles. The first-order valence-electron chi connectivity index (χ1n) is 8.64. The first kappa shape index (κ1) is 21.4. The molecule has 1 aliphatic rings. The van der Waals surface area contributed by atoms with E-state index in [1.807, 2.05) is 6.92 Å². The zero-order valence-electron chi connectivity index (χ0n) is 15.1. The summed E-state index contributed by atoms with van der Waals surface area (Å²) in [7, 11) is -0.283. The van der Waals surface area contributed by atoms with E-state index in [4.69, 9.17) is 4.74 Å². The Hall–Kier alpha value is -0.860. The third kappa shape index (κ3) is 3.36. The molecule has 1 aliphatic carbocycles. The van der Waals surface area contributed by atoms with Crippen LogP contribution in [0.5, 0.6) is 0 Å². The molecule has 0 aromatic heterocycles. The Morgan fingerprint density at radius 3 is 2.69 bits per heavy atom. The molecule has 0 bridgehead atoms. The van der Waals surface area contributed by atoms with Crippen LogP contribution >= 0.6 is 15.9 Å². The quantitative estimate of drug-likeness (QED) is 0.467. The fourth-order valence-electron chi connectivity index (χ4n) is 3.55. The SMILES string of the molecule is CCC[S@@](=O)N(C)[C@@]1(C(F)(F)C(=O)OCC)c2ccccc2CCC1Br. The second-order valence-electron chi connectivity index (χ2n) is 6.25. The molecule has 146 valence electrons. The summed E-state index contributed by atoms with van der Waals surface area (Å²) in [5, 5.41) is 0. The van der Waals surface area contributed by atoms with Crippen molar-refractivity contribution in [3.8, 4) is 0 Å². The fourth-order valence-corrected chi connectivity index (χ4v) is 6.04. The minimum absolute atomic E-state index is 0.152. The third-order valence-corrected chi connectivity index (χ3v) is 7.52. The van der Waals surface area contributed by atoms with Gasteiger partial charge in [-0.1, -0.05) is 47.1 Å². The number of ether oxygens (including phenoxy) is 1. The number of aryl methyl sites for hydroxylation is 1. The smallest absolute Gasteiger partial charge is 0.379 e. The van der Waals surface area contributed by atoms with Crippen LogP contribution in [0.3, 0.4) is 0 Å². The third-order valence-electron chi connectivity index (χ3n) is 4.74. The number of benzene rings is 1. The Labute approximate surface area is 164 Å². The molecule has 0 N–H and O–H groups in total. The molecule has 4 nitrogen and oxygen atoms in total. The lowest BCUT2D eigenvalue weighted by molar-refractivity contribution is -0.193. The molecule has 0 amide bonds. The van der Waals surface area contributed by atoms with E-state index in [-0.39, 0.29) is 12.4 Å². The van der Waals surface area contributed by atoms with Gasteiger partial charge in [-0.05, 0) is 37.3 Å². The molecule has 0 spiro atoms. The molecular weight excluding hydrogens is 428 g/mol. The van der Waals surface area contributed by atoms with Crippen molar-refractivity contribution in [1.82, 2.24) is 4.31 Å². The van der Waals surface area contributed by atoms with Crippen molar-refractivity contribution in [3.63, 3.8) is 0 Å². The van der Waals surface area contributed by atoms with Crippen LogP contribution in [0.25, 0.3) is 0 Å². The number of fused-ring (bicyclic) bond motifs is 1. The Morgan fingerprint density at radius 2 is 2.08 bits per heavy atom. The lowest BCUT2D eigenvalue weighted by Gasteiger charge is -2.50. The average Bonchev–Trinajstić information content (AvgIpc) is 2.61. The van der Waals surface area contributed by atoms with Gasteiger partial charge in [0.15, 0.2) is 0 Å². The van der Waals surface area contributed by atoms with Gasteiger partial charge in [-0.15, -0.1) is 0 Å². The highest BCUT2D eigenvalue weighted by molar-refractivity contribution is 9.09.